The second-order valence-corrected chi connectivity index (χ2v) is 10.9. The maximum absolute atomic E-state index is 13.2. The summed E-state index contributed by atoms with van der Waals surface area (Å²) in [4.78, 5) is 52.5. The molecule has 18 nitrogen and oxygen atoms in total. The standard InChI is InChI=1S/C32H53N8O10/c1-25(2)29(31(43)38-27(9-6-11-35-32(33)44)30(42)37-26-7-4-3-5-8-26)39-28(41)10-13-45-15-17-47-19-21-49-23-24-50-22-20-48-18-16-46-14-12-36-40-34/h4-5,7-8,25,27,29H,6,9-24H2,1-2H3,(H,37,42)(H,38,43)(H,39,41)(H3,33,35,44)/t27-,29-/m0/s1. The highest BCUT2D eigenvalue weighted by Gasteiger charge is 2.28. The van der Waals surface area contributed by atoms with Gasteiger partial charge in [-0.05, 0) is 42.5 Å². The molecule has 281 valence electrons. The zero-order chi connectivity index (χ0) is 36.7. The molecule has 50 heavy (non-hydrogen) atoms. The van der Waals surface area contributed by atoms with Gasteiger partial charge in [-0.1, -0.05) is 31.1 Å². The molecule has 2 atom stereocenters. The highest BCUT2D eigenvalue weighted by molar-refractivity contribution is 5.98. The molecule has 1 aromatic rings. The van der Waals surface area contributed by atoms with Crippen LogP contribution < -0.4 is 27.0 Å². The molecule has 0 bridgehead atoms. The van der Waals surface area contributed by atoms with E-state index in [0.717, 1.165) is 0 Å². The molecular formula is C32H53N8O10. The van der Waals surface area contributed by atoms with Crippen molar-refractivity contribution in [3.63, 3.8) is 0 Å². The third-order valence-electron chi connectivity index (χ3n) is 6.59. The Bertz CT molecular complexity index is 1130. The van der Waals surface area contributed by atoms with E-state index in [1.807, 2.05) is 0 Å². The minimum absolute atomic E-state index is 0.0328. The lowest BCUT2D eigenvalue weighted by Gasteiger charge is -2.25. The molecule has 0 unspecified atom stereocenters. The number of hydrogen-bond acceptors (Lipinski definition) is 11. The predicted molar refractivity (Wildman–Crippen MR) is 183 cm³/mol. The van der Waals surface area contributed by atoms with Crippen LogP contribution in [0.5, 0.6) is 0 Å². The van der Waals surface area contributed by atoms with Gasteiger partial charge in [-0.2, -0.15) is 0 Å². The molecule has 5 amide bonds. The van der Waals surface area contributed by atoms with Crippen molar-refractivity contribution >= 4 is 29.4 Å². The average Bonchev–Trinajstić information content (AvgIpc) is 3.09. The van der Waals surface area contributed by atoms with E-state index in [1.165, 1.54) is 0 Å². The molecule has 1 aromatic carbocycles. The van der Waals surface area contributed by atoms with Crippen LogP contribution in [0, 0.1) is 12.0 Å². The third-order valence-corrected chi connectivity index (χ3v) is 6.59. The quantitative estimate of drug-likeness (QED) is 0.0320. The molecule has 0 aliphatic heterocycles. The van der Waals surface area contributed by atoms with Crippen molar-refractivity contribution in [1.82, 2.24) is 16.0 Å². The van der Waals surface area contributed by atoms with E-state index in [1.54, 1.807) is 38.1 Å². The van der Waals surface area contributed by atoms with E-state index in [-0.39, 0.29) is 44.4 Å². The predicted octanol–water partition coefficient (Wildman–Crippen LogP) is 1.30. The Morgan fingerprint density at radius 1 is 0.800 bits per heavy atom. The van der Waals surface area contributed by atoms with Crippen LogP contribution in [0.25, 0.3) is 10.4 Å². The van der Waals surface area contributed by atoms with Crippen molar-refractivity contribution in [2.75, 3.05) is 97.7 Å². The Balaban J connectivity index is 2.20. The Labute approximate surface area is 293 Å². The van der Waals surface area contributed by atoms with Gasteiger partial charge in [-0.3, -0.25) is 14.4 Å². The van der Waals surface area contributed by atoms with E-state index in [0.29, 0.717) is 84.7 Å². The molecule has 0 aliphatic carbocycles. The normalized spacial score (nSPS) is 12.1. The van der Waals surface area contributed by atoms with E-state index >= 15 is 0 Å². The van der Waals surface area contributed by atoms with Gasteiger partial charge in [0.2, 0.25) is 17.7 Å². The SMILES string of the molecule is CC(C)[C@H](NC(=O)CCOCCOCCOCCOCCOCCOCCN=[N+]=[N-])C(=O)N[C@@H](CCCNC(N)=O)C(=O)Nc1cc[c]cc1. The summed E-state index contributed by atoms with van der Waals surface area (Å²) < 4.78 is 32.4. The molecule has 0 heterocycles. The number of anilines is 1. The molecule has 1 radical (unpaired) electrons. The molecule has 0 spiro atoms. The number of carbonyl (C=O) groups excluding carboxylic acids is 4. The highest BCUT2D eigenvalue weighted by Crippen LogP contribution is 2.09. The average molecular weight is 710 g/mol. The first-order valence-electron chi connectivity index (χ1n) is 16.6. The van der Waals surface area contributed by atoms with Crippen LogP contribution >= 0.6 is 0 Å². The summed E-state index contributed by atoms with van der Waals surface area (Å²) in [6.45, 7) is 8.56. The van der Waals surface area contributed by atoms with Crippen LogP contribution in [-0.4, -0.2) is 128 Å². The number of rotatable bonds is 31. The molecule has 0 fully saturated rings. The number of nitrogens with zero attached hydrogens (tertiary/aromatic N) is 3. The minimum Gasteiger partial charge on any atom is -0.379 e. The van der Waals surface area contributed by atoms with E-state index < -0.39 is 29.9 Å². The zero-order valence-electron chi connectivity index (χ0n) is 29.1. The van der Waals surface area contributed by atoms with Crippen LogP contribution in [-0.2, 0) is 42.8 Å². The Kier molecular flexibility index (Phi) is 26.3. The summed E-state index contributed by atoms with van der Waals surface area (Å²) in [6.07, 6.45) is 0.638. The first kappa shape index (κ1) is 44.0. The summed E-state index contributed by atoms with van der Waals surface area (Å²) >= 11 is 0. The van der Waals surface area contributed by atoms with Gasteiger partial charge in [-0.25, -0.2) is 4.79 Å². The largest absolute Gasteiger partial charge is 0.379 e. The lowest BCUT2D eigenvalue weighted by molar-refractivity contribution is -0.132. The number of nitrogens with one attached hydrogen (secondary N) is 4. The fourth-order valence-electron chi connectivity index (χ4n) is 4.04. The Hall–Kier alpha value is -4.03. The number of nitrogens with two attached hydrogens (primary N) is 1. The second kappa shape index (κ2) is 29.8. The maximum Gasteiger partial charge on any atom is 0.312 e. The van der Waals surface area contributed by atoms with Gasteiger partial charge in [0, 0.05) is 30.1 Å². The molecule has 0 aliphatic rings. The molecule has 6 N–H and O–H groups in total. The van der Waals surface area contributed by atoms with Gasteiger partial charge in [0.1, 0.15) is 12.1 Å². The number of ether oxygens (including phenoxy) is 6. The number of amides is 5. The van der Waals surface area contributed by atoms with Gasteiger partial charge >= 0.3 is 6.03 Å². The van der Waals surface area contributed by atoms with Gasteiger partial charge < -0.3 is 55.4 Å². The maximum atomic E-state index is 13.2. The van der Waals surface area contributed by atoms with Gasteiger partial charge in [-0.15, -0.1) is 0 Å². The van der Waals surface area contributed by atoms with Crippen molar-refractivity contribution < 1.29 is 47.6 Å². The fraction of sp³-hybridized carbons (Fsp3) is 0.688. The summed E-state index contributed by atoms with van der Waals surface area (Å²) in [6, 6.07) is 7.01. The smallest absolute Gasteiger partial charge is 0.312 e. The van der Waals surface area contributed by atoms with Gasteiger partial charge in [0.15, 0.2) is 0 Å². The van der Waals surface area contributed by atoms with E-state index in [4.69, 9.17) is 39.7 Å². The number of urea groups is 1. The molecule has 0 aromatic heterocycles. The van der Waals surface area contributed by atoms with Crippen LogP contribution in [0.4, 0.5) is 10.5 Å². The monoisotopic (exact) mass is 709 g/mol. The molecular weight excluding hydrogens is 656 g/mol. The topological polar surface area (TPSA) is 247 Å². The third kappa shape index (κ3) is 24.2. The van der Waals surface area contributed by atoms with Crippen molar-refractivity contribution in [1.29, 1.82) is 0 Å². The fourth-order valence-corrected chi connectivity index (χ4v) is 4.04. The number of hydrogen-bond donors (Lipinski definition) is 5. The van der Waals surface area contributed by atoms with E-state index in [2.05, 4.69) is 37.4 Å². The van der Waals surface area contributed by atoms with Gasteiger partial charge in [0.05, 0.1) is 79.3 Å². The molecule has 18 heteroatoms. The van der Waals surface area contributed by atoms with Crippen molar-refractivity contribution in [2.45, 2.75) is 45.2 Å². The van der Waals surface area contributed by atoms with Crippen molar-refractivity contribution in [2.24, 2.45) is 16.8 Å². The summed E-state index contributed by atoms with van der Waals surface area (Å²) in [5.74, 6) is -1.58. The lowest BCUT2D eigenvalue weighted by Crippen LogP contribution is -2.54. The summed E-state index contributed by atoms with van der Waals surface area (Å²) in [5.41, 5.74) is 13.8. The minimum atomic E-state index is -0.923. The number of primary amides is 1. The lowest BCUT2D eigenvalue weighted by atomic mass is 10.0. The first-order valence-corrected chi connectivity index (χ1v) is 16.6. The zero-order valence-corrected chi connectivity index (χ0v) is 29.1. The molecule has 1 rings (SSSR count). The van der Waals surface area contributed by atoms with Crippen LogP contribution in [0.3, 0.4) is 0 Å². The number of benzene rings is 1. The van der Waals surface area contributed by atoms with Crippen LogP contribution in [0.1, 0.15) is 33.1 Å². The summed E-state index contributed by atoms with van der Waals surface area (Å²) in [7, 11) is 0. The van der Waals surface area contributed by atoms with Crippen molar-refractivity contribution in [3.05, 3.63) is 40.8 Å². The number of azide groups is 1. The summed E-state index contributed by atoms with van der Waals surface area (Å²) in [5, 5.41) is 14.1. The van der Waals surface area contributed by atoms with Crippen LogP contribution in [0.2, 0.25) is 0 Å². The second-order valence-electron chi connectivity index (χ2n) is 10.9. The van der Waals surface area contributed by atoms with Crippen LogP contribution in [0.15, 0.2) is 29.4 Å². The first-order chi connectivity index (χ1) is 24.2. The van der Waals surface area contributed by atoms with E-state index in [9.17, 15) is 19.2 Å². The van der Waals surface area contributed by atoms with Crippen molar-refractivity contribution in [3.8, 4) is 0 Å². The molecule has 0 saturated carbocycles. The Morgan fingerprint density at radius 3 is 1.82 bits per heavy atom. The highest BCUT2D eigenvalue weighted by atomic mass is 16.6. The Morgan fingerprint density at radius 2 is 1.32 bits per heavy atom. The number of carbonyl (C=O) groups is 4. The molecule has 0 saturated heterocycles. The van der Waals surface area contributed by atoms with Gasteiger partial charge in [0.25, 0.3) is 0 Å².